The average molecular weight is 290 g/mol. The molecule has 5 nitrogen and oxygen atoms in total. The smallest absolute Gasteiger partial charge is 0.337 e. The number of carbonyl (C=O) groups excluding carboxylic acids is 1. The highest BCUT2D eigenvalue weighted by molar-refractivity contribution is 5.89. The lowest BCUT2D eigenvalue weighted by Gasteiger charge is -2.11. The number of benzene rings is 1. The topological polar surface area (TPSA) is 70.8 Å². The summed E-state index contributed by atoms with van der Waals surface area (Å²) >= 11 is 0. The predicted molar refractivity (Wildman–Crippen MR) is 74.9 cm³/mol. The van der Waals surface area contributed by atoms with Gasteiger partial charge in [-0.2, -0.15) is 0 Å². The average Bonchev–Trinajstić information content (AvgIpc) is 2.42. The van der Waals surface area contributed by atoms with Crippen molar-refractivity contribution in [2.75, 3.05) is 27.4 Å². The molecule has 2 N–H and O–H groups in total. The molecule has 0 aromatic heterocycles. The molecule has 0 spiro atoms. The molecular formula is C13H20ClNO4. The number of rotatable bonds is 7. The van der Waals surface area contributed by atoms with E-state index in [1.54, 1.807) is 25.3 Å². The van der Waals surface area contributed by atoms with Crippen LogP contribution >= 0.6 is 12.4 Å². The molecule has 1 aromatic rings. The van der Waals surface area contributed by atoms with E-state index in [-0.39, 0.29) is 18.4 Å². The summed E-state index contributed by atoms with van der Waals surface area (Å²) in [4.78, 5) is 11.4. The van der Waals surface area contributed by atoms with Crippen LogP contribution in [0.4, 0.5) is 0 Å². The normalized spacial score (nSPS) is 9.63. The second-order valence-electron chi connectivity index (χ2n) is 3.71. The summed E-state index contributed by atoms with van der Waals surface area (Å²) in [5.74, 6) is 0.317. The molecule has 0 aliphatic rings. The zero-order chi connectivity index (χ0) is 13.4. The summed E-state index contributed by atoms with van der Waals surface area (Å²) in [6, 6.07) is 5.09. The van der Waals surface area contributed by atoms with E-state index in [1.807, 2.05) is 0 Å². The first-order chi connectivity index (χ1) is 8.72. The van der Waals surface area contributed by atoms with Crippen molar-refractivity contribution >= 4 is 18.4 Å². The van der Waals surface area contributed by atoms with Gasteiger partial charge in [-0.15, -0.1) is 12.4 Å². The first kappa shape index (κ1) is 17.7. The van der Waals surface area contributed by atoms with Crippen molar-refractivity contribution in [3.8, 4) is 5.75 Å². The maximum absolute atomic E-state index is 11.4. The van der Waals surface area contributed by atoms with E-state index >= 15 is 0 Å². The van der Waals surface area contributed by atoms with Crippen LogP contribution in [0.1, 0.15) is 22.3 Å². The number of esters is 1. The van der Waals surface area contributed by atoms with E-state index in [9.17, 15) is 4.79 Å². The summed E-state index contributed by atoms with van der Waals surface area (Å²) in [6.45, 7) is 1.51. The Labute approximate surface area is 119 Å². The Morgan fingerprint density at radius 3 is 2.58 bits per heavy atom. The lowest BCUT2D eigenvalue weighted by atomic mass is 10.1. The highest BCUT2D eigenvalue weighted by Crippen LogP contribution is 2.20. The van der Waals surface area contributed by atoms with Crippen molar-refractivity contribution in [3.05, 3.63) is 29.3 Å². The number of hydrogen-bond donors (Lipinski definition) is 1. The number of hydrogen-bond acceptors (Lipinski definition) is 5. The second-order valence-corrected chi connectivity index (χ2v) is 3.71. The molecule has 0 radical (unpaired) electrons. The molecule has 0 aliphatic carbocycles. The molecule has 0 saturated heterocycles. The van der Waals surface area contributed by atoms with Crippen LogP contribution in [-0.2, 0) is 16.0 Å². The third-order valence-electron chi connectivity index (χ3n) is 2.45. The van der Waals surface area contributed by atoms with Crippen LogP contribution in [0.25, 0.3) is 0 Å². The van der Waals surface area contributed by atoms with Crippen LogP contribution in [-0.4, -0.2) is 33.4 Å². The van der Waals surface area contributed by atoms with E-state index in [1.165, 1.54) is 7.11 Å². The molecule has 108 valence electrons. The Morgan fingerprint density at radius 2 is 2.00 bits per heavy atom. The van der Waals surface area contributed by atoms with Gasteiger partial charge in [0.1, 0.15) is 5.75 Å². The first-order valence-corrected chi connectivity index (χ1v) is 5.76. The van der Waals surface area contributed by atoms with Crippen LogP contribution < -0.4 is 10.5 Å². The fourth-order valence-corrected chi connectivity index (χ4v) is 1.51. The lowest BCUT2D eigenvalue weighted by molar-refractivity contribution is 0.0600. The molecule has 1 aromatic carbocycles. The summed E-state index contributed by atoms with van der Waals surface area (Å²) in [5, 5.41) is 0. The molecule has 6 heteroatoms. The van der Waals surface area contributed by atoms with Crippen LogP contribution in [0.15, 0.2) is 18.2 Å². The van der Waals surface area contributed by atoms with Crippen molar-refractivity contribution in [2.24, 2.45) is 5.73 Å². The quantitative estimate of drug-likeness (QED) is 0.612. The Balaban J connectivity index is 0.00000324. The lowest BCUT2D eigenvalue weighted by Crippen LogP contribution is -2.08. The molecule has 0 atom stereocenters. The third-order valence-corrected chi connectivity index (χ3v) is 2.45. The Kier molecular flexibility index (Phi) is 8.95. The van der Waals surface area contributed by atoms with Crippen molar-refractivity contribution < 1.29 is 19.0 Å². The standard InChI is InChI=1S/C13H19NO4.ClH/c1-16-6-3-7-18-12-5-4-10(13(15)17-2)8-11(12)9-14;/h4-5,8H,3,6-7,9,14H2,1-2H3;1H. The maximum atomic E-state index is 11.4. The van der Waals surface area contributed by atoms with Gasteiger partial charge < -0.3 is 19.9 Å². The van der Waals surface area contributed by atoms with Crippen LogP contribution in [0.3, 0.4) is 0 Å². The van der Waals surface area contributed by atoms with Gasteiger partial charge in [-0.3, -0.25) is 0 Å². The van der Waals surface area contributed by atoms with Gasteiger partial charge in [-0.05, 0) is 18.2 Å². The zero-order valence-corrected chi connectivity index (χ0v) is 12.0. The monoisotopic (exact) mass is 289 g/mol. The number of carbonyl (C=O) groups is 1. The molecule has 0 saturated carbocycles. The largest absolute Gasteiger partial charge is 0.493 e. The SMILES string of the molecule is COCCCOc1ccc(C(=O)OC)cc1CN.Cl. The Hall–Kier alpha value is -1.30. The van der Waals surface area contributed by atoms with E-state index in [4.69, 9.17) is 15.2 Å². The molecule has 0 amide bonds. The van der Waals surface area contributed by atoms with Gasteiger partial charge >= 0.3 is 5.97 Å². The van der Waals surface area contributed by atoms with Crippen molar-refractivity contribution in [1.29, 1.82) is 0 Å². The summed E-state index contributed by atoms with van der Waals surface area (Å²) in [7, 11) is 3.00. The summed E-state index contributed by atoms with van der Waals surface area (Å²) in [6.07, 6.45) is 0.805. The predicted octanol–water partition coefficient (Wildman–Crippen LogP) is 1.77. The first-order valence-electron chi connectivity index (χ1n) is 5.76. The molecule has 19 heavy (non-hydrogen) atoms. The second kappa shape index (κ2) is 9.61. The highest BCUT2D eigenvalue weighted by atomic mass is 35.5. The van der Waals surface area contributed by atoms with Gasteiger partial charge in [0.05, 0.1) is 19.3 Å². The van der Waals surface area contributed by atoms with Gasteiger partial charge in [0.2, 0.25) is 0 Å². The van der Waals surface area contributed by atoms with E-state index in [0.29, 0.717) is 31.1 Å². The van der Waals surface area contributed by atoms with E-state index < -0.39 is 0 Å². The van der Waals surface area contributed by atoms with Gasteiger partial charge in [-0.1, -0.05) is 0 Å². The minimum absolute atomic E-state index is 0. The minimum Gasteiger partial charge on any atom is -0.493 e. The molecule has 1 rings (SSSR count). The van der Waals surface area contributed by atoms with Crippen molar-refractivity contribution in [3.63, 3.8) is 0 Å². The molecule has 0 bridgehead atoms. The minimum atomic E-state index is -0.379. The zero-order valence-electron chi connectivity index (χ0n) is 11.2. The highest BCUT2D eigenvalue weighted by Gasteiger charge is 2.09. The Morgan fingerprint density at radius 1 is 1.26 bits per heavy atom. The number of methoxy groups -OCH3 is 2. The van der Waals surface area contributed by atoms with Crippen LogP contribution in [0, 0.1) is 0 Å². The van der Waals surface area contributed by atoms with Gasteiger partial charge in [0, 0.05) is 32.2 Å². The van der Waals surface area contributed by atoms with Crippen LogP contribution in [0.5, 0.6) is 5.75 Å². The fourth-order valence-electron chi connectivity index (χ4n) is 1.51. The number of halogens is 1. The number of ether oxygens (including phenoxy) is 3. The molecular weight excluding hydrogens is 270 g/mol. The summed E-state index contributed by atoms with van der Waals surface area (Å²) in [5.41, 5.74) is 6.90. The summed E-state index contributed by atoms with van der Waals surface area (Å²) < 4.78 is 15.2. The number of nitrogens with two attached hydrogens (primary N) is 1. The molecule has 0 aliphatic heterocycles. The molecule has 0 heterocycles. The molecule has 0 unspecified atom stereocenters. The van der Waals surface area contributed by atoms with Gasteiger partial charge in [-0.25, -0.2) is 4.79 Å². The van der Waals surface area contributed by atoms with E-state index in [2.05, 4.69) is 4.74 Å². The maximum Gasteiger partial charge on any atom is 0.337 e. The van der Waals surface area contributed by atoms with E-state index in [0.717, 1.165) is 12.0 Å². The van der Waals surface area contributed by atoms with Crippen LogP contribution in [0.2, 0.25) is 0 Å². The third kappa shape index (κ3) is 5.46. The Bertz CT molecular complexity index is 398. The van der Waals surface area contributed by atoms with Gasteiger partial charge in [0.15, 0.2) is 0 Å². The van der Waals surface area contributed by atoms with Crippen molar-refractivity contribution in [2.45, 2.75) is 13.0 Å². The fraction of sp³-hybridized carbons (Fsp3) is 0.462. The van der Waals surface area contributed by atoms with Gasteiger partial charge in [0.25, 0.3) is 0 Å². The molecule has 0 fully saturated rings. The van der Waals surface area contributed by atoms with Crippen molar-refractivity contribution in [1.82, 2.24) is 0 Å².